The Balaban J connectivity index is 0.00000200. The van der Waals surface area contributed by atoms with E-state index >= 15 is 0 Å². The zero-order valence-electron chi connectivity index (χ0n) is 12.1. The molecule has 0 heterocycles. The van der Waals surface area contributed by atoms with E-state index in [0.717, 1.165) is 30.5 Å². The van der Waals surface area contributed by atoms with Crippen LogP contribution in [0, 0.1) is 11.7 Å². The molecule has 1 aromatic carbocycles. The quantitative estimate of drug-likeness (QED) is 0.474. The van der Waals surface area contributed by atoms with Crippen LogP contribution in [0.15, 0.2) is 29.3 Å². The summed E-state index contributed by atoms with van der Waals surface area (Å²) in [4.78, 5) is 6.67. The number of nitrogens with one attached hydrogen (secondary N) is 1. The van der Waals surface area contributed by atoms with Gasteiger partial charge in [0.2, 0.25) is 0 Å². The molecule has 112 valence electrons. The molecule has 0 saturated heterocycles. The maximum Gasteiger partial charge on any atom is 0.193 e. The van der Waals surface area contributed by atoms with Gasteiger partial charge < -0.3 is 10.2 Å². The molecule has 1 aliphatic carbocycles. The van der Waals surface area contributed by atoms with Crippen LogP contribution in [-0.4, -0.2) is 31.0 Å². The Bertz CT molecular complexity index is 446. The van der Waals surface area contributed by atoms with Crippen LogP contribution in [-0.2, 0) is 6.54 Å². The summed E-state index contributed by atoms with van der Waals surface area (Å²) in [7, 11) is 1.99. The van der Waals surface area contributed by atoms with Gasteiger partial charge in [-0.15, -0.1) is 24.0 Å². The Labute approximate surface area is 137 Å². The number of halogens is 2. The molecule has 1 fully saturated rings. The number of nitrogens with zero attached hydrogens (tertiary/aromatic N) is 2. The van der Waals surface area contributed by atoms with Gasteiger partial charge in [-0.1, -0.05) is 12.1 Å². The van der Waals surface area contributed by atoms with Gasteiger partial charge in [0, 0.05) is 26.7 Å². The average Bonchev–Trinajstić information content (AvgIpc) is 3.18. The smallest absolute Gasteiger partial charge is 0.193 e. The van der Waals surface area contributed by atoms with E-state index in [9.17, 15) is 4.39 Å². The third kappa shape index (κ3) is 5.64. The monoisotopic (exact) mass is 391 g/mol. The van der Waals surface area contributed by atoms with Gasteiger partial charge in [0.15, 0.2) is 5.96 Å². The Hall–Kier alpha value is -0.850. The first kappa shape index (κ1) is 17.2. The van der Waals surface area contributed by atoms with Gasteiger partial charge in [-0.2, -0.15) is 0 Å². The topological polar surface area (TPSA) is 27.6 Å². The lowest BCUT2D eigenvalue weighted by Gasteiger charge is -2.22. The molecule has 0 spiro atoms. The molecule has 0 bridgehead atoms. The van der Waals surface area contributed by atoms with E-state index < -0.39 is 0 Å². The van der Waals surface area contributed by atoms with Crippen LogP contribution in [0.4, 0.5) is 4.39 Å². The van der Waals surface area contributed by atoms with Gasteiger partial charge in [-0.3, -0.25) is 4.99 Å². The van der Waals surface area contributed by atoms with Crippen LogP contribution in [0.1, 0.15) is 25.3 Å². The highest BCUT2D eigenvalue weighted by Crippen LogP contribution is 2.28. The molecule has 1 aliphatic rings. The number of hydrogen-bond acceptors (Lipinski definition) is 1. The second-order valence-electron chi connectivity index (χ2n) is 5.12. The van der Waals surface area contributed by atoms with E-state index in [1.807, 2.05) is 18.0 Å². The summed E-state index contributed by atoms with van der Waals surface area (Å²) in [5.41, 5.74) is 0.958. The maximum absolute atomic E-state index is 13.2. The lowest BCUT2D eigenvalue weighted by molar-refractivity contribution is 0.474. The Morgan fingerprint density at radius 3 is 2.80 bits per heavy atom. The Morgan fingerprint density at radius 2 is 2.20 bits per heavy atom. The molecule has 0 aromatic heterocycles. The molecule has 5 heteroatoms. The third-order valence-corrected chi connectivity index (χ3v) is 3.20. The van der Waals surface area contributed by atoms with Gasteiger partial charge in [0.1, 0.15) is 5.82 Å². The van der Waals surface area contributed by atoms with E-state index in [2.05, 4.69) is 17.2 Å². The van der Waals surface area contributed by atoms with Crippen molar-refractivity contribution in [3.63, 3.8) is 0 Å². The van der Waals surface area contributed by atoms with Gasteiger partial charge in [-0.25, -0.2) is 4.39 Å². The van der Waals surface area contributed by atoms with Crippen molar-refractivity contribution < 1.29 is 4.39 Å². The van der Waals surface area contributed by atoms with Crippen molar-refractivity contribution in [2.45, 2.75) is 26.3 Å². The highest BCUT2D eigenvalue weighted by Gasteiger charge is 2.21. The van der Waals surface area contributed by atoms with Crippen molar-refractivity contribution in [2.24, 2.45) is 10.9 Å². The number of rotatable bonds is 5. The molecule has 0 amide bonds. The van der Waals surface area contributed by atoms with Crippen LogP contribution in [0.25, 0.3) is 0 Å². The van der Waals surface area contributed by atoms with Crippen LogP contribution in [0.5, 0.6) is 0 Å². The molecule has 20 heavy (non-hydrogen) atoms. The Kier molecular flexibility index (Phi) is 7.26. The lowest BCUT2D eigenvalue weighted by atomic mass is 10.2. The maximum atomic E-state index is 13.2. The molecule has 1 N–H and O–H groups in total. The number of guanidine groups is 1. The fourth-order valence-electron chi connectivity index (χ4n) is 1.97. The summed E-state index contributed by atoms with van der Waals surface area (Å²) in [6.45, 7) is 4.46. The van der Waals surface area contributed by atoms with Crippen molar-refractivity contribution in [3.05, 3.63) is 35.6 Å². The summed E-state index contributed by atoms with van der Waals surface area (Å²) in [6, 6.07) is 6.72. The van der Waals surface area contributed by atoms with E-state index in [1.54, 1.807) is 12.1 Å². The molecule has 0 atom stereocenters. The fraction of sp³-hybridized carbons (Fsp3) is 0.533. The predicted octanol–water partition coefficient (Wildman–Crippen LogP) is 3.25. The molecule has 0 unspecified atom stereocenters. The first-order chi connectivity index (χ1) is 9.19. The van der Waals surface area contributed by atoms with E-state index in [4.69, 9.17) is 0 Å². The highest BCUT2D eigenvalue weighted by atomic mass is 127. The van der Waals surface area contributed by atoms with Crippen LogP contribution < -0.4 is 5.32 Å². The van der Waals surface area contributed by atoms with Crippen molar-refractivity contribution in [2.75, 3.05) is 20.1 Å². The van der Waals surface area contributed by atoms with Crippen LogP contribution in [0.2, 0.25) is 0 Å². The van der Waals surface area contributed by atoms with Gasteiger partial charge in [0.05, 0.1) is 0 Å². The molecule has 0 radical (unpaired) electrons. The minimum absolute atomic E-state index is 0. The number of aliphatic imine (C=N–C) groups is 1. The molecular formula is C15H23FIN3. The van der Waals surface area contributed by atoms with Crippen molar-refractivity contribution in [3.8, 4) is 0 Å². The summed E-state index contributed by atoms with van der Waals surface area (Å²) in [5, 5.41) is 3.28. The normalized spacial score (nSPS) is 14.7. The summed E-state index contributed by atoms with van der Waals surface area (Å²) in [6.07, 6.45) is 2.60. The second kappa shape index (κ2) is 8.44. The summed E-state index contributed by atoms with van der Waals surface area (Å²) in [5.74, 6) is 1.49. The fourth-order valence-corrected chi connectivity index (χ4v) is 1.97. The summed E-state index contributed by atoms with van der Waals surface area (Å²) >= 11 is 0. The van der Waals surface area contributed by atoms with Gasteiger partial charge in [0.25, 0.3) is 0 Å². The first-order valence-electron chi connectivity index (χ1n) is 6.93. The molecule has 1 aromatic rings. The third-order valence-electron chi connectivity index (χ3n) is 3.20. The number of hydrogen-bond donors (Lipinski definition) is 1. The molecule has 2 rings (SSSR count). The van der Waals surface area contributed by atoms with Crippen molar-refractivity contribution >= 4 is 29.9 Å². The van der Waals surface area contributed by atoms with E-state index in [-0.39, 0.29) is 29.8 Å². The largest absolute Gasteiger partial charge is 0.357 e. The molecule has 1 saturated carbocycles. The zero-order valence-corrected chi connectivity index (χ0v) is 14.4. The van der Waals surface area contributed by atoms with Gasteiger partial charge in [-0.05, 0) is 43.4 Å². The van der Waals surface area contributed by atoms with Gasteiger partial charge >= 0.3 is 0 Å². The first-order valence-corrected chi connectivity index (χ1v) is 6.93. The minimum Gasteiger partial charge on any atom is -0.357 e. The van der Waals surface area contributed by atoms with E-state index in [1.165, 1.54) is 18.9 Å². The molecule has 3 nitrogen and oxygen atoms in total. The van der Waals surface area contributed by atoms with Crippen LogP contribution >= 0.6 is 24.0 Å². The van der Waals surface area contributed by atoms with E-state index in [0.29, 0.717) is 6.54 Å². The Morgan fingerprint density at radius 1 is 1.45 bits per heavy atom. The highest BCUT2D eigenvalue weighted by molar-refractivity contribution is 14.0. The van der Waals surface area contributed by atoms with Crippen molar-refractivity contribution in [1.82, 2.24) is 10.2 Å². The molecule has 0 aliphatic heterocycles. The van der Waals surface area contributed by atoms with Crippen molar-refractivity contribution in [1.29, 1.82) is 0 Å². The summed E-state index contributed by atoms with van der Waals surface area (Å²) < 4.78 is 13.2. The average molecular weight is 391 g/mol. The lowest BCUT2D eigenvalue weighted by Crippen LogP contribution is -2.38. The SMILES string of the molecule is CCNC(=NCC1CC1)N(C)Cc1cccc(F)c1.I. The van der Waals surface area contributed by atoms with Crippen LogP contribution in [0.3, 0.4) is 0 Å². The second-order valence-corrected chi connectivity index (χ2v) is 5.12. The standard InChI is InChI=1S/C15H22FN3.HI/c1-3-17-15(18-10-12-7-8-12)19(2)11-13-5-4-6-14(16)9-13;/h4-6,9,12H,3,7-8,10-11H2,1-2H3,(H,17,18);1H. The predicted molar refractivity (Wildman–Crippen MR) is 92.0 cm³/mol. The molecular weight excluding hydrogens is 368 g/mol. The minimum atomic E-state index is -0.189. The number of benzene rings is 1. The zero-order chi connectivity index (χ0) is 13.7.